The number of nitrogens with zero attached hydrogens (tertiary/aromatic N) is 1. The molecular formula is C15H14N2O2S. The molecular weight excluding hydrogens is 272 g/mol. The van der Waals surface area contributed by atoms with Crippen molar-refractivity contribution in [2.24, 2.45) is 0 Å². The Labute approximate surface area is 120 Å². The van der Waals surface area contributed by atoms with Crippen molar-refractivity contribution >= 4 is 17.2 Å². The van der Waals surface area contributed by atoms with Crippen molar-refractivity contribution in [1.82, 2.24) is 9.88 Å². The Balaban J connectivity index is 1.81. The molecule has 3 aromatic rings. The molecule has 1 N–H and O–H groups in total. The minimum absolute atomic E-state index is 0.0300. The van der Waals surface area contributed by atoms with E-state index in [1.807, 2.05) is 29.6 Å². The van der Waals surface area contributed by atoms with Crippen molar-refractivity contribution in [3.63, 3.8) is 0 Å². The fourth-order valence-corrected chi connectivity index (χ4v) is 2.69. The second-order valence-corrected chi connectivity index (χ2v) is 5.24. The van der Waals surface area contributed by atoms with Crippen LogP contribution in [-0.4, -0.2) is 15.8 Å². The Morgan fingerprint density at radius 2 is 2.20 bits per heavy atom. The first-order valence-electron chi connectivity index (χ1n) is 6.29. The molecule has 20 heavy (non-hydrogen) atoms. The molecule has 1 amide bonds. The molecule has 5 heteroatoms. The summed E-state index contributed by atoms with van der Waals surface area (Å²) in [4.78, 5) is 17.2. The number of carbonyl (C=O) groups excluding carboxylic acids is 1. The second-order valence-electron chi connectivity index (χ2n) is 4.46. The van der Waals surface area contributed by atoms with Crippen LogP contribution >= 0.6 is 11.3 Å². The summed E-state index contributed by atoms with van der Waals surface area (Å²) in [5, 5.41) is 4.07. The summed E-state index contributed by atoms with van der Waals surface area (Å²) < 4.78 is 5.35. The zero-order valence-electron chi connectivity index (χ0n) is 10.8. The Hall–Kier alpha value is -2.27. The number of amides is 1. The lowest BCUT2D eigenvalue weighted by Gasteiger charge is -2.20. The van der Waals surface area contributed by atoms with Crippen LogP contribution in [0.3, 0.4) is 0 Å². The van der Waals surface area contributed by atoms with Gasteiger partial charge in [-0.1, -0.05) is 0 Å². The van der Waals surface area contributed by atoms with E-state index >= 15 is 0 Å². The fraction of sp³-hybridized carbons (Fsp3) is 0.133. The standard InChI is InChI=1S/C15H14N2O2S/c18-15(14-4-1-6-16-14)17(9-12-5-8-20-11-12)10-13-3-2-7-19-13/h1-8,11,16H,9-10H2. The van der Waals surface area contributed by atoms with Crippen LogP contribution in [0, 0.1) is 0 Å². The average Bonchev–Trinajstić information content (AvgIpc) is 3.20. The minimum Gasteiger partial charge on any atom is -0.467 e. The Morgan fingerprint density at radius 3 is 2.85 bits per heavy atom. The van der Waals surface area contributed by atoms with Gasteiger partial charge in [0.1, 0.15) is 11.5 Å². The van der Waals surface area contributed by atoms with Gasteiger partial charge in [0.15, 0.2) is 0 Å². The van der Waals surface area contributed by atoms with Crippen LogP contribution in [0.4, 0.5) is 0 Å². The number of furan rings is 1. The van der Waals surface area contributed by atoms with Gasteiger partial charge in [-0.3, -0.25) is 4.79 Å². The van der Waals surface area contributed by atoms with Crippen LogP contribution in [0.25, 0.3) is 0 Å². The number of aromatic amines is 1. The summed E-state index contributed by atoms with van der Waals surface area (Å²) in [5.41, 5.74) is 1.72. The van der Waals surface area contributed by atoms with Crippen LogP contribution in [0.1, 0.15) is 21.8 Å². The smallest absolute Gasteiger partial charge is 0.270 e. The molecule has 4 nitrogen and oxygen atoms in total. The van der Waals surface area contributed by atoms with Gasteiger partial charge >= 0.3 is 0 Å². The number of thiophene rings is 1. The molecule has 3 aromatic heterocycles. The van der Waals surface area contributed by atoms with Gasteiger partial charge < -0.3 is 14.3 Å². The summed E-state index contributed by atoms with van der Waals surface area (Å²) in [6.07, 6.45) is 3.38. The molecule has 0 bridgehead atoms. The van der Waals surface area contributed by atoms with Crippen molar-refractivity contribution < 1.29 is 9.21 Å². The average molecular weight is 286 g/mol. The van der Waals surface area contributed by atoms with Crippen LogP contribution in [-0.2, 0) is 13.1 Å². The van der Waals surface area contributed by atoms with Crippen molar-refractivity contribution in [3.8, 4) is 0 Å². The van der Waals surface area contributed by atoms with Crippen LogP contribution < -0.4 is 0 Å². The van der Waals surface area contributed by atoms with Gasteiger partial charge in [-0.05, 0) is 46.7 Å². The maximum Gasteiger partial charge on any atom is 0.270 e. The number of rotatable bonds is 5. The Bertz CT molecular complexity index is 606. The molecule has 3 rings (SSSR count). The third kappa shape index (κ3) is 2.83. The van der Waals surface area contributed by atoms with Gasteiger partial charge in [0.2, 0.25) is 0 Å². The highest BCUT2D eigenvalue weighted by atomic mass is 32.1. The Kier molecular flexibility index (Phi) is 3.69. The van der Waals surface area contributed by atoms with Crippen molar-refractivity contribution in [2.75, 3.05) is 0 Å². The predicted molar refractivity (Wildman–Crippen MR) is 77.4 cm³/mol. The SMILES string of the molecule is O=C(c1ccc[nH]1)N(Cc1ccsc1)Cc1ccco1. The number of H-pyrrole nitrogens is 1. The zero-order valence-corrected chi connectivity index (χ0v) is 11.6. The largest absolute Gasteiger partial charge is 0.467 e. The van der Waals surface area contributed by atoms with Gasteiger partial charge in [0, 0.05) is 12.7 Å². The predicted octanol–water partition coefficient (Wildman–Crippen LogP) is 3.51. The minimum atomic E-state index is -0.0300. The monoisotopic (exact) mass is 286 g/mol. The summed E-state index contributed by atoms with van der Waals surface area (Å²) in [6.45, 7) is 1.03. The van der Waals surface area contributed by atoms with Crippen LogP contribution in [0.5, 0.6) is 0 Å². The number of carbonyl (C=O) groups is 1. The molecule has 0 aliphatic rings. The van der Waals surface area contributed by atoms with Gasteiger partial charge in [-0.2, -0.15) is 11.3 Å². The third-order valence-corrected chi connectivity index (χ3v) is 3.73. The van der Waals surface area contributed by atoms with E-state index in [1.54, 1.807) is 34.8 Å². The number of hydrogen-bond acceptors (Lipinski definition) is 3. The molecule has 0 atom stereocenters. The van der Waals surface area contributed by atoms with E-state index in [0.717, 1.165) is 11.3 Å². The molecule has 0 saturated carbocycles. The summed E-state index contributed by atoms with van der Waals surface area (Å²) >= 11 is 1.63. The topological polar surface area (TPSA) is 49.2 Å². The highest BCUT2D eigenvalue weighted by Gasteiger charge is 2.18. The van der Waals surface area contributed by atoms with Gasteiger partial charge in [-0.25, -0.2) is 0 Å². The lowest BCUT2D eigenvalue weighted by Crippen LogP contribution is -2.30. The molecule has 0 saturated heterocycles. The molecule has 0 aromatic carbocycles. The molecule has 3 heterocycles. The molecule has 0 spiro atoms. The first-order chi connectivity index (χ1) is 9.83. The first-order valence-corrected chi connectivity index (χ1v) is 7.23. The second kappa shape index (κ2) is 5.79. The maximum absolute atomic E-state index is 12.5. The van der Waals surface area contributed by atoms with Crippen molar-refractivity contribution in [2.45, 2.75) is 13.1 Å². The van der Waals surface area contributed by atoms with E-state index in [9.17, 15) is 4.79 Å². The summed E-state index contributed by atoms with van der Waals surface area (Å²) in [6, 6.07) is 9.34. The molecule has 102 valence electrons. The first kappa shape index (κ1) is 12.7. The fourth-order valence-electron chi connectivity index (χ4n) is 2.03. The molecule has 0 aliphatic carbocycles. The summed E-state index contributed by atoms with van der Waals surface area (Å²) in [5.74, 6) is 0.748. The van der Waals surface area contributed by atoms with E-state index in [1.165, 1.54) is 0 Å². The van der Waals surface area contributed by atoms with E-state index in [-0.39, 0.29) is 5.91 Å². The van der Waals surface area contributed by atoms with Gasteiger partial charge in [-0.15, -0.1) is 0 Å². The van der Waals surface area contributed by atoms with Gasteiger partial charge in [0.25, 0.3) is 5.91 Å². The van der Waals surface area contributed by atoms with Gasteiger partial charge in [0.05, 0.1) is 12.8 Å². The highest BCUT2D eigenvalue weighted by molar-refractivity contribution is 7.07. The quantitative estimate of drug-likeness (QED) is 0.780. The zero-order chi connectivity index (χ0) is 13.8. The highest BCUT2D eigenvalue weighted by Crippen LogP contribution is 2.15. The molecule has 0 aliphatic heterocycles. The van der Waals surface area contributed by atoms with Crippen LogP contribution in [0.2, 0.25) is 0 Å². The number of aromatic nitrogens is 1. The maximum atomic E-state index is 12.5. The molecule has 0 radical (unpaired) electrons. The number of hydrogen-bond donors (Lipinski definition) is 1. The molecule has 0 fully saturated rings. The normalized spacial score (nSPS) is 10.6. The van der Waals surface area contributed by atoms with E-state index in [4.69, 9.17) is 4.42 Å². The van der Waals surface area contributed by atoms with E-state index < -0.39 is 0 Å². The Morgan fingerprint density at radius 1 is 1.25 bits per heavy atom. The van der Waals surface area contributed by atoms with Crippen molar-refractivity contribution in [1.29, 1.82) is 0 Å². The third-order valence-electron chi connectivity index (χ3n) is 3.00. The summed E-state index contributed by atoms with van der Waals surface area (Å²) in [7, 11) is 0. The van der Waals surface area contributed by atoms with Crippen LogP contribution in [0.15, 0.2) is 58.0 Å². The van der Waals surface area contributed by atoms with E-state index in [2.05, 4.69) is 10.4 Å². The lowest BCUT2D eigenvalue weighted by atomic mass is 10.2. The van der Waals surface area contributed by atoms with E-state index in [0.29, 0.717) is 18.8 Å². The molecule has 0 unspecified atom stereocenters. The lowest BCUT2D eigenvalue weighted by molar-refractivity contribution is 0.0712. The number of nitrogens with one attached hydrogen (secondary N) is 1. The van der Waals surface area contributed by atoms with Crippen molar-refractivity contribution in [3.05, 3.63) is 70.6 Å².